The molecule has 0 aromatic carbocycles. The first-order chi connectivity index (χ1) is 7.77. The van der Waals surface area contributed by atoms with Crippen molar-refractivity contribution < 1.29 is 0 Å². The molecule has 1 fully saturated rings. The van der Waals surface area contributed by atoms with Crippen molar-refractivity contribution in [2.45, 2.75) is 31.6 Å². The second kappa shape index (κ2) is 4.15. The first kappa shape index (κ1) is 10.8. The molecule has 84 valence electrons. The van der Waals surface area contributed by atoms with Crippen LogP contribution in [0.25, 0.3) is 5.52 Å². The highest BCUT2D eigenvalue weighted by molar-refractivity contribution is 9.11. The van der Waals surface area contributed by atoms with Crippen LogP contribution in [0.2, 0.25) is 0 Å². The Morgan fingerprint density at radius 2 is 1.94 bits per heavy atom. The minimum Gasteiger partial charge on any atom is -0.289 e. The summed E-state index contributed by atoms with van der Waals surface area (Å²) in [7, 11) is 0. The summed E-state index contributed by atoms with van der Waals surface area (Å²) in [6.45, 7) is 0. The largest absolute Gasteiger partial charge is 0.289 e. The highest BCUT2D eigenvalue weighted by Gasteiger charge is 2.23. The van der Waals surface area contributed by atoms with E-state index in [4.69, 9.17) is 0 Å². The normalized spacial score (nSPS) is 17.4. The standard InChI is InChI=1S/C12H12Br2N2/c13-10-7-3-6-9-11(14)15-12(16(9)10)8-4-1-2-5-8/h3,6-8H,1-2,4-5H2. The first-order valence-corrected chi connectivity index (χ1v) is 7.18. The highest BCUT2D eigenvalue weighted by atomic mass is 79.9. The lowest BCUT2D eigenvalue weighted by atomic mass is 10.1. The van der Waals surface area contributed by atoms with Crippen LogP contribution in [-0.2, 0) is 0 Å². The summed E-state index contributed by atoms with van der Waals surface area (Å²) in [5.41, 5.74) is 1.15. The average Bonchev–Trinajstić information content (AvgIpc) is 2.87. The highest BCUT2D eigenvalue weighted by Crippen LogP contribution is 2.36. The number of rotatable bonds is 1. The van der Waals surface area contributed by atoms with Crippen LogP contribution in [0.3, 0.4) is 0 Å². The second-order valence-corrected chi connectivity index (χ2v) is 5.87. The van der Waals surface area contributed by atoms with Crippen molar-refractivity contribution in [2.75, 3.05) is 0 Å². The molecule has 0 aliphatic heterocycles. The Labute approximate surface area is 111 Å². The van der Waals surface area contributed by atoms with Gasteiger partial charge in [0.25, 0.3) is 0 Å². The van der Waals surface area contributed by atoms with Gasteiger partial charge in [0.1, 0.15) is 10.4 Å². The summed E-state index contributed by atoms with van der Waals surface area (Å²) >= 11 is 7.16. The van der Waals surface area contributed by atoms with Crippen LogP contribution in [0, 0.1) is 0 Å². The zero-order chi connectivity index (χ0) is 11.1. The van der Waals surface area contributed by atoms with Gasteiger partial charge < -0.3 is 0 Å². The molecular formula is C12H12Br2N2. The van der Waals surface area contributed by atoms with Gasteiger partial charge in [-0.05, 0) is 56.8 Å². The molecule has 3 rings (SSSR count). The zero-order valence-electron chi connectivity index (χ0n) is 8.79. The molecule has 0 unspecified atom stereocenters. The van der Waals surface area contributed by atoms with Crippen molar-refractivity contribution in [1.29, 1.82) is 0 Å². The molecule has 0 bridgehead atoms. The van der Waals surface area contributed by atoms with Gasteiger partial charge in [0.2, 0.25) is 0 Å². The molecule has 2 aromatic heterocycles. The number of hydrogen-bond acceptors (Lipinski definition) is 1. The predicted molar refractivity (Wildman–Crippen MR) is 71.8 cm³/mol. The third kappa shape index (κ3) is 1.63. The van der Waals surface area contributed by atoms with Crippen molar-refractivity contribution >= 4 is 37.4 Å². The summed E-state index contributed by atoms with van der Waals surface area (Å²) in [5, 5.41) is 0. The molecule has 0 atom stereocenters. The smallest absolute Gasteiger partial charge is 0.132 e. The summed E-state index contributed by atoms with van der Waals surface area (Å²) in [5.74, 6) is 1.82. The number of nitrogens with zero attached hydrogens (tertiary/aromatic N) is 2. The molecule has 0 radical (unpaired) electrons. The number of pyridine rings is 1. The van der Waals surface area contributed by atoms with Crippen LogP contribution in [0.15, 0.2) is 27.4 Å². The van der Waals surface area contributed by atoms with Gasteiger partial charge in [-0.1, -0.05) is 18.9 Å². The van der Waals surface area contributed by atoms with E-state index in [-0.39, 0.29) is 0 Å². The van der Waals surface area contributed by atoms with E-state index in [1.165, 1.54) is 31.5 Å². The zero-order valence-corrected chi connectivity index (χ0v) is 12.0. The molecule has 16 heavy (non-hydrogen) atoms. The second-order valence-electron chi connectivity index (χ2n) is 4.31. The predicted octanol–water partition coefficient (Wildman–Crippen LogP) is 4.52. The van der Waals surface area contributed by atoms with Crippen LogP contribution in [0.1, 0.15) is 37.4 Å². The summed E-state index contributed by atoms with van der Waals surface area (Å²) < 4.78 is 4.26. The third-order valence-corrected chi connectivity index (χ3v) is 4.52. The molecule has 2 aromatic rings. The first-order valence-electron chi connectivity index (χ1n) is 5.60. The van der Waals surface area contributed by atoms with Crippen LogP contribution >= 0.6 is 31.9 Å². The number of hydrogen-bond donors (Lipinski definition) is 0. The van der Waals surface area contributed by atoms with Crippen molar-refractivity contribution in [3.05, 3.63) is 33.2 Å². The topological polar surface area (TPSA) is 17.3 Å². The third-order valence-electron chi connectivity index (χ3n) is 3.32. The average molecular weight is 344 g/mol. The molecule has 4 heteroatoms. The van der Waals surface area contributed by atoms with E-state index in [2.05, 4.69) is 53.4 Å². The van der Waals surface area contributed by atoms with Crippen LogP contribution in [0.5, 0.6) is 0 Å². The van der Waals surface area contributed by atoms with Crippen LogP contribution in [0.4, 0.5) is 0 Å². The number of aromatic nitrogens is 2. The molecule has 1 aliphatic rings. The maximum atomic E-state index is 4.68. The van der Waals surface area contributed by atoms with Gasteiger partial charge in [-0.3, -0.25) is 4.40 Å². The van der Waals surface area contributed by atoms with Crippen LogP contribution < -0.4 is 0 Å². The minimum absolute atomic E-state index is 0.623. The minimum atomic E-state index is 0.623. The number of fused-ring (bicyclic) bond motifs is 1. The molecule has 2 nitrogen and oxygen atoms in total. The van der Waals surface area contributed by atoms with E-state index in [0.717, 1.165) is 14.7 Å². The van der Waals surface area contributed by atoms with E-state index in [1.54, 1.807) is 0 Å². The molecule has 0 spiro atoms. The summed E-state index contributed by atoms with van der Waals surface area (Å²) in [6, 6.07) is 6.21. The Balaban J connectivity index is 2.24. The Hall–Kier alpha value is -0.350. The molecule has 2 heterocycles. The summed E-state index contributed by atoms with van der Waals surface area (Å²) in [4.78, 5) is 4.68. The fourth-order valence-corrected chi connectivity index (χ4v) is 3.56. The Kier molecular flexibility index (Phi) is 2.80. The molecule has 1 aliphatic carbocycles. The molecule has 0 N–H and O–H groups in total. The molecule has 0 amide bonds. The van der Waals surface area contributed by atoms with Crippen LogP contribution in [-0.4, -0.2) is 9.38 Å². The van der Waals surface area contributed by atoms with E-state index < -0.39 is 0 Å². The van der Waals surface area contributed by atoms with Crippen molar-refractivity contribution in [3.8, 4) is 0 Å². The van der Waals surface area contributed by atoms with Crippen molar-refractivity contribution in [2.24, 2.45) is 0 Å². The van der Waals surface area contributed by atoms with Gasteiger partial charge in [0.15, 0.2) is 0 Å². The monoisotopic (exact) mass is 342 g/mol. The van der Waals surface area contributed by atoms with E-state index in [9.17, 15) is 0 Å². The fourth-order valence-electron chi connectivity index (χ4n) is 2.54. The Bertz CT molecular complexity index is 527. The maximum absolute atomic E-state index is 4.68. The quantitative estimate of drug-likeness (QED) is 0.696. The van der Waals surface area contributed by atoms with E-state index in [0.29, 0.717) is 5.92 Å². The Morgan fingerprint density at radius 1 is 1.19 bits per heavy atom. The van der Waals surface area contributed by atoms with Gasteiger partial charge in [-0.2, -0.15) is 0 Å². The van der Waals surface area contributed by atoms with Gasteiger partial charge in [0.05, 0.1) is 10.1 Å². The Morgan fingerprint density at radius 3 is 2.69 bits per heavy atom. The molecular weight excluding hydrogens is 332 g/mol. The van der Waals surface area contributed by atoms with Crippen molar-refractivity contribution in [3.63, 3.8) is 0 Å². The van der Waals surface area contributed by atoms with E-state index >= 15 is 0 Å². The lowest BCUT2D eigenvalue weighted by molar-refractivity contribution is 0.661. The fraction of sp³-hybridized carbons (Fsp3) is 0.417. The van der Waals surface area contributed by atoms with Gasteiger partial charge in [-0.15, -0.1) is 0 Å². The van der Waals surface area contributed by atoms with Crippen molar-refractivity contribution in [1.82, 2.24) is 9.38 Å². The maximum Gasteiger partial charge on any atom is 0.132 e. The lowest BCUT2D eigenvalue weighted by Crippen LogP contribution is -2.01. The van der Waals surface area contributed by atoms with Gasteiger partial charge >= 0.3 is 0 Å². The number of imidazole rings is 1. The lowest BCUT2D eigenvalue weighted by Gasteiger charge is -2.09. The summed E-state index contributed by atoms with van der Waals surface area (Å²) in [6.07, 6.45) is 5.21. The van der Waals surface area contributed by atoms with Gasteiger partial charge in [-0.25, -0.2) is 4.98 Å². The van der Waals surface area contributed by atoms with E-state index in [1.807, 2.05) is 6.07 Å². The molecule has 0 saturated heterocycles. The molecule has 1 saturated carbocycles. The number of halogens is 2. The SMILES string of the molecule is Brc1nc(C2CCCC2)n2c(Br)cccc12. The van der Waals surface area contributed by atoms with Gasteiger partial charge in [0, 0.05) is 5.92 Å².